The fourth-order valence-electron chi connectivity index (χ4n) is 2.56. The number of carbonyl (C=O) groups is 1. The number of carbonyl (C=O) groups excluding carboxylic acids is 1. The highest BCUT2D eigenvalue weighted by Gasteiger charge is 2.25. The summed E-state index contributed by atoms with van der Waals surface area (Å²) >= 11 is 0. The average Bonchev–Trinajstić information content (AvgIpc) is 2.52. The van der Waals surface area contributed by atoms with Crippen LogP contribution in [0.5, 0.6) is 0 Å². The molecule has 0 amide bonds. The molecule has 0 aliphatic carbocycles. The highest BCUT2D eigenvalue weighted by atomic mass is 16.5. The molecule has 3 N–H and O–H groups in total. The monoisotopic (exact) mass is 316 g/mol. The highest BCUT2D eigenvalue weighted by Crippen LogP contribution is 2.16. The summed E-state index contributed by atoms with van der Waals surface area (Å²) in [7, 11) is 0. The SMILES string of the molecule is C[C@@H]1CCC[C@H](N=O)CCCN[C@H](C)[C@@H](O)[C@H](O)COC1=O. The maximum absolute atomic E-state index is 11.8. The predicted molar refractivity (Wildman–Crippen MR) is 82.3 cm³/mol. The summed E-state index contributed by atoms with van der Waals surface area (Å²) in [4.78, 5) is 22.6. The largest absolute Gasteiger partial charge is 0.463 e. The van der Waals surface area contributed by atoms with E-state index in [2.05, 4.69) is 10.5 Å². The van der Waals surface area contributed by atoms with Crippen molar-refractivity contribution < 1.29 is 19.7 Å². The van der Waals surface area contributed by atoms with Crippen molar-refractivity contribution in [1.82, 2.24) is 5.32 Å². The molecule has 0 aromatic rings. The minimum atomic E-state index is -1.12. The number of ether oxygens (including phenoxy) is 1. The molecule has 1 rings (SSSR count). The maximum Gasteiger partial charge on any atom is 0.308 e. The first-order valence-electron chi connectivity index (χ1n) is 8.04. The van der Waals surface area contributed by atoms with Crippen LogP contribution in [0.15, 0.2) is 5.18 Å². The molecule has 0 bridgehead atoms. The third-order valence-corrected chi connectivity index (χ3v) is 4.21. The Labute approximate surface area is 131 Å². The molecular formula is C15H28N2O5. The van der Waals surface area contributed by atoms with Gasteiger partial charge in [0.05, 0.1) is 18.1 Å². The third kappa shape index (κ3) is 6.37. The summed E-state index contributed by atoms with van der Waals surface area (Å²) in [6.07, 6.45) is 1.35. The number of rotatable bonds is 1. The number of nitroso groups, excluding NO2 is 1. The summed E-state index contributed by atoms with van der Waals surface area (Å²) in [5.41, 5.74) is 0. The number of cyclic esters (lactones) is 1. The van der Waals surface area contributed by atoms with Gasteiger partial charge in [0, 0.05) is 6.04 Å². The normalized spacial score (nSPS) is 36.7. The van der Waals surface area contributed by atoms with Gasteiger partial charge in [0.15, 0.2) is 0 Å². The smallest absolute Gasteiger partial charge is 0.308 e. The van der Waals surface area contributed by atoms with Crippen LogP contribution in [0.2, 0.25) is 0 Å². The lowest BCUT2D eigenvalue weighted by Gasteiger charge is -2.25. The number of aliphatic hydroxyl groups is 2. The molecule has 1 aliphatic rings. The minimum Gasteiger partial charge on any atom is -0.463 e. The summed E-state index contributed by atoms with van der Waals surface area (Å²) < 4.78 is 5.05. The Morgan fingerprint density at radius 3 is 2.55 bits per heavy atom. The van der Waals surface area contributed by atoms with Gasteiger partial charge in [-0.1, -0.05) is 18.5 Å². The van der Waals surface area contributed by atoms with Crippen LogP contribution < -0.4 is 5.32 Å². The van der Waals surface area contributed by atoms with Crippen molar-refractivity contribution in [2.75, 3.05) is 13.2 Å². The number of nitrogens with one attached hydrogen (secondary N) is 1. The standard InChI is InChI=1S/C15H28N2O5/c1-10-5-3-6-12(17-21)7-4-8-16-11(2)14(19)13(18)9-22-15(10)20/h10-14,16,18-19H,3-9H2,1-2H3/t10-,11-,12+,13-,14-/m1/s1. The summed E-state index contributed by atoms with van der Waals surface area (Å²) in [6, 6.07) is -0.570. The van der Waals surface area contributed by atoms with Crippen LogP contribution in [0.3, 0.4) is 0 Å². The Bertz CT molecular complexity index is 353. The Morgan fingerprint density at radius 2 is 1.86 bits per heavy atom. The molecule has 0 aromatic carbocycles. The van der Waals surface area contributed by atoms with E-state index in [0.29, 0.717) is 25.8 Å². The van der Waals surface area contributed by atoms with Crippen LogP contribution >= 0.6 is 0 Å². The molecule has 0 radical (unpaired) electrons. The lowest BCUT2D eigenvalue weighted by Crippen LogP contribution is -2.46. The average molecular weight is 316 g/mol. The molecule has 0 unspecified atom stereocenters. The van der Waals surface area contributed by atoms with E-state index in [9.17, 15) is 19.9 Å². The first-order valence-corrected chi connectivity index (χ1v) is 8.04. The molecule has 0 spiro atoms. The van der Waals surface area contributed by atoms with Gasteiger partial charge in [-0.3, -0.25) is 4.79 Å². The summed E-state index contributed by atoms with van der Waals surface area (Å²) in [5.74, 6) is -0.685. The molecule has 1 fully saturated rings. The topological polar surface area (TPSA) is 108 Å². The van der Waals surface area contributed by atoms with Gasteiger partial charge >= 0.3 is 5.97 Å². The fourth-order valence-corrected chi connectivity index (χ4v) is 2.56. The zero-order chi connectivity index (χ0) is 16.5. The summed E-state index contributed by atoms with van der Waals surface area (Å²) in [5, 5.41) is 26.1. The van der Waals surface area contributed by atoms with E-state index in [0.717, 1.165) is 12.8 Å². The molecule has 1 aliphatic heterocycles. The van der Waals surface area contributed by atoms with Gasteiger partial charge in [-0.2, -0.15) is 4.91 Å². The van der Waals surface area contributed by atoms with Crippen molar-refractivity contribution in [1.29, 1.82) is 0 Å². The van der Waals surface area contributed by atoms with Crippen LogP contribution in [0.1, 0.15) is 46.0 Å². The Morgan fingerprint density at radius 1 is 1.18 bits per heavy atom. The van der Waals surface area contributed by atoms with Crippen molar-refractivity contribution >= 4 is 5.97 Å². The Kier molecular flexibility index (Phi) is 8.52. The molecule has 0 saturated carbocycles. The third-order valence-electron chi connectivity index (χ3n) is 4.21. The quantitative estimate of drug-likeness (QED) is 0.491. The zero-order valence-electron chi connectivity index (χ0n) is 13.4. The second-order valence-corrected chi connectivity index (χ2v) is 6.16. The first kappa shape index (κ1) is 19.0. The van der Waals surface area contributed by atoms with E-state index in [1.807, 2.05) is 0 Å². The van der Waals surface area contributed by atoms with E-state index in [4.69, 9.17) is 4.74 Å². The number of esters is 1. The number of nitrogens with zero attached hydrogens (tertiary/aromatic N) is 1. The van der Waals surface area contributed by atoms with Crippen LogP contribution in [0.4, 0.5) is 0 Å². The lowest BCUT2D eigenvalue weighted by atomic mass is 9.99. The molecule has 1 heterocycles. The van der Waals surface area contributed by atoms with Crippen LogP contribution in [-0.2, 0) is 9.53 Å². The van der Waals surface area contributed by atoms with E-state index in [-0.39, 0.29) is 24.6 Å². The second kappa shape index (κ2) is 9.86. The van der Waals surface area contributed by atoms with E-state index >= 15 is 0 Å². The van der Waals surface area contributed by atoms with Gasteiger partial charge < -0.3 is 20.3 Å². The van der Waals surface area contributed by atoms with Gasteiger partial charge in [-0.15, -0.1) is 0 Å². The molecule has 1 saturated heterocycles. The van der Waals surface area contributed by atoms with Gasteiger partial charge in [-0.25, -0.2) is 0 Å². The molecule has 5 atom stereocenters. The van der Waals surface area contributed by atoms with Crippen molar-refractivity contribution in [2.24, 2.45) is 11.1 Å². The van der Waals surface area contributed by atoms with Crippen LogP contribution in [0, 0.1) is 10.8 Å². The van der Waals surface area contributed by atoms with Crippen LogP contribution in [-0.4, -0.2) is 53.6 Å². The molecule has 22 heavy (non-hydrogen) atoms. The second-order valence-electron chi connectivity index (χ2n) is 6.16. The van der Waals surface area contributed by atoms with Gasteiger partial charge in [-0.05, 0) is 39.2 Å². The van der Waals surface area contributed by atoms with E-state index < -0.39 is 18.2 Å². The van der Waals surface area contributed by atoms with Gasteiger partial charge in [0.1, 0.15) is 12.7 Å². The molecule has 0 aromatic heterocycles. The number of hydrogen-bond acceptors (Lipinski definition) is 7. The minimum absolute atomic E-state index is 0.213. The Balaban J connectivity index is 2.64. The Hall–Kier alpha value is -1.05. The van der Waals surface area contributed by atoms with Crippen molar-refractivity contribution in [3.8, 4) is 0 Å². The summed E-state index contributed by atoms with van der Waals surface area (Å²) in [6.45, 7) is 3.94. The van der Waals surface area contributed by atoms with Crippen LogP contribution in [0.25, 0.3) is 0 Å². The molecular weight excluding hydrogens is 288 g/mol. The first-order chi connectivity index (χ1) is 10.5. The zero-order valence-corrected chi connectivity index (χ0v) is 13.4. The van der Waals surface area contributed by atoms with E-state index in [1.165, 1.54) is 0 Å². The van der Waals surface area contributed by atoms with Gasteiger partial charge in [0.2, 0.25) is 0 Å². The lowest BCUT2D eigenvalue weighted by molar-refractivity contribution is -0.153. The van der Waals surface area contributed by atoms with E-state index in [1.54, 1.807) is 13.8 Å². The molecule has 7 nitrogen and oxygen atoms in total. The molecule has 128 valence electrons. The number of hydrogen-bond donors (Lipinski definition) is 3. The highest BCUT2D eigenvalue weighted by molar-refractivity contribution is 5.71. The van der Waals surface area contributed by atoms with Crippen molar-refractivity contribution in [3.63, 3.8) is 0 Å². The predicted octanol–water partition coefficient (Wildman–Crippen LogP) is 0.965. The number of aliphatic hydroxyl groups excluding tert-OH is 2. The molecule has 7 heteroatoms. The maximum atomic E-state index is 11.8. The van der Waals surface area contributed by atoms with Crippen molar-refractivity contribution in [3.05, 3.63) is 4.91 Å². The van der Waals surface area contributed by atoms with Crippen molar-refractivity contribution in [2.45, 2.75) is 70.2 Å². The fraction of sp³-hybridized carbons (Fsp3) is 0.933. The van der Waals surface area contributed by atoms with Gasteiger partial charge in [0.25, 0.3) is 0 Å².